The highest BCUT2D eigenvalue weighted by Gasteiger charge is 2.37. The lowest BCUT2D eigenvalue weighted by Crippen LogP contribution is -2.41. The molecular weight excluding hydrogens is 533 g/mol. The molecule has 1 aliphatic heterocycles. The standard InChI is InChI=1S/C29H28Cl2F2N2O3/c1-38-21-6-7-26-22(16-21)28(23(31)18-34-26)24(32)8-9-29(17-27(36)37)10-13-35(14-11-29)12-2-3-19-4-5-20(30)15-25(19)33/h4-7,15-16,18,24H,8-14,17H2,1H3,(H,36,37)/t24-/m0/s1. The molecule has 0 saturated carbocycles. The number of fused-ring (bicyclic) bond motifs is 1. The van der Waals surface area contributed by atoms with Crippen LogP contribution in [-0.2, 0) is 4.79 Å². The largest absolute Gasteiger partial charge is 0.497 e. The zero-order valence-corrected chi connectivity index (χ0v) is 22.5. The van der Waals surface area contributed by atoms with Crippen LogP contribution in [0.15, 0.2) is 42.6 Å². The van der Waals surface area contributed by atoms with E-state index in [2.05, 4.69) is 21.7 Å². The maximum atomic E-state index is 15.7. The summed E-state index contributed by atoms with van der Waals surface area (Å²) >= 11 is 12.2. The molecule has 0 bridgehead atoms. The normalized spacial score (nSPS) is 16.0. The lowest BCUT2D eigenvalue weighted by molar-refractivity contribution is -0.141. The van der Waals surface area contributed by atoms with Crippen molar-refractivity contribution in [2.45, 2.75) is 38.3 Å². The number of hydrogen-bond donors (Lipinski definition) is 1. The van der Waals surface area contributed by atoms with Crippen molar-refractivity contribution in [3.63, 3.8) is 0 Å². The van der Waals surface area contributed by atoms with Crippen molar-refractivity contribution in [3.05, 3.63) is 69.6 Å². The van der Waals surface area contributed by atoms with Crippen LogP contribution in [0.25, 0.3) is 10.9 Å². The second-order valence-electron chi connectivity index (χ2n) is 9.68. The number of carbonyl (C=O) groups is 1. The van der Waals surface area contributed by atoms with Crippen molar-refractivity contribution in [1.29, 1.82) is 0 Å². The predicted molar refractivity (Wildman–Crippen MR) is 145 cm³/mol. The number of methoxy groups -OCH3 is 1. The highest BCUT2D eigenvalue weighted by molar-refractivity contribution is 6.32. The first kappa shape index (κ1) is 28.1. The molecule has 0 aliphatic carbocycles. The Kier molecular flexibility index (Phi) is 9.09. The molecule has 38 heavy (non-hydrogen) atoms. The zero-order valence-electron chi connectivity index (χ0n) is 20.9. The topological polar surface area (TPSA) is 62.7 Å². The number of hydrogen-bond acceptors (Lipinski definition) is 4. The summed E-state index contributed by atoms with van der Waals surface area (Å²) in [6, 6.07) is 9.59. The van der Waals surface area contributed by atoms with E-state index in [1.54, 1.807) is 30.3 Å². The highest BCUT2D eigenvalue weighted by atomic mass is 35.5. The van der Waals surface area contributed by atoms with Gasteiger partial charge in [-0.2, -0.15) is 0 Å². The molecule has 3 aromatic rings. The Balaban J connectivity index is 1.43. The van der Waals surface area contributed by atoms with Gasteiger partial charge in [0.15, 0.2) is 0 Å². The van der Waals surface area contributed by atoms with Crippen molar-refractivity contribution < 1.29 is 23.4 Å². The summed E-state index contributed by atoms with van der Waals surface area (Å²) in [6.45, 7) is 1.67. The van der Waals surface area contributed by atoms with Crippen LogP contribution >= 0.6 is 23.2 Å². The van der Waals surface area contributed by atoms with Crippen LogP contribution in [0.1, 0.15) is 49.4 Å². The van der Waals surface area contributed by atoms with Crippen LogP contribution in [0.3, 0.4) is 0 Å². The van der Waals surface area contributed by atoms with E-state index in [1.807, 2.05) is 0 Å². The van der Waals surface area contributed by atoms with Crippen LogP contribution in [0, 0.1) is 23.1 Å². The monoisotopic (exact) mass is 560 g/mol. The average molecular weight is 561 g/mol. The third-order valence-corrected chi connectivity index (χ3v) is 7.75. The van der Waals surface area contributed by atoms with Crippen LogP contribution in [0.4, 0.5) is 8.78 Å². The van der Waals surface area contributed by atoms with Crippen LogP contribution < -0.4 is 4.74 Å². The third kappa shape index (κ3) is 6.74. The minimum Gasteiger partial charge on any atom is -0.497 e. The van der Waals surface area contributed by atoms with E-state index in [0.717, 1.165) is 0 Å². The van der Waals surface area contributed by atoms with E-state index in [9.17, 15) is 14.3 Å². The second-order valence-corrected chi connectivity index (χ2v) is 10.5. The Bertz CT molecular complexity index is 1380. The van der Waals surface area contributed by atoms with E-state index in [0.29, 0.717) is 66.1 Å². The fourth-order valence-corrected chi connectivity index (χ4v) is 5.48. The minimum absolute atomic E-state index is 0.0339. The number of rotatable bonds is 8. The van der Waals surface area contributed by atoms with E-state index in [-0.39, 0.29) is 23.4 Å². The van der Waals surface area contributed by atoms with Crippen LogP contribution in [0.5, 0.6) is 5.75 Å². The molecule has 9 heteroatoms. The highest BCUT2D eigenvalue weighted by Crippen LogP contribution is 2.44. The van der Waals surface area contributed by atoms with Gasteiger partial charge in [0, 0.05) is 22.2 Å². The Labute approximate surface area is 230 Å². The summed E-state index contributed by atoms with van der Waals surface area (Å²) in [6.07, 6.45) is 1.76. The first-order chi connectivity index (χ1) is 18.2. The van der Waals surface area contributed by atoms with Gasteiger partial charge in [-0.05, 0) is 80.6 Å². The maximum Gasteiger partial charge on any atom is 0.303 e. The van der Waals surface area contributed by atoms with Gasteiger partial charge in [-0.25, -0.2) is 8.78 Å². The zero-order chi connectivity index (χ0) is 27.3. The van der Waals surface area contributed by atoms with E-state index >= 15 is 4.39 Å². The summed E-state index contributed by atoms with van der Waals surface area (Å²) in [7, 11) is 1.54. The number of aromatic nitrogens is 1. The lowest BCUT2D eigenvalue weighted by Gasteiger charge is -2.41. The van der Waals surface area contributed by atoms with E-state index in [1.165, 1.54) is 19.4 Å². The number of benzene rings is 2. The second kappa shape index (κ2) is 12.3. The number of ether oxygens (including phenoxy) is 1. The number of alkyl halides is 1. The number of piperidine rings is 1. The van der Waals surface area contributed by atoms with Crippen molar-refractivity contribution in [3.8, 4) is 17.6 Å². The summed E-state index contributed by atoms with van der Waals surface area (Å²) < 4.78 is 35.0. The fourth-order valence-electron chi connectivity index (χ4n) is 5.05. The Hall–Kier alpha value is -2.92. The molecule has 200 valence electrons. The molecule has 0 unspecified atom stereocenters. The van der Waals surface area contributed by atoms with Gasteiger partial charge in [-0.1, -0.05) is 35.0 Å². The fraction of sp³-hybridized carbons (Fsp3) is 0.379. The van der Waals surface area contributed by atoms with E-state index < -0.39 is 23.4 Å². The van der Waals surface area contributed by atoms with Gasteiger partial charge in [0.05, 0.1) is 36.2 Å². The molecular formula is C29H28Cl2F2N2O3. The van der Waals surface area contributed by atoms with Crippen LogP contribution in [0.2, 0.25) is 10.0 Å². The third-order valence-electron chi connectivity index (χ3n) is 7.21. The lowest BCUT2D eigenvalue weighted by atomic mass is 9.71. The van der Waals surface area contributed by atoms with Crippen molar-refractivity contribution in [1.82, 2.24) is 9.88 Å². The SMILES string of the molecule is COc1ccc2ncc(Cl)c([C@@H](F)CCC3(CC(=O)O)CCN(CC#Cc4ccc(Cl)cc4F)CC3)c2c1. The van der Waals surface area contributed by atoms with Gasteiger partial charge in [-0.3, -0.25) is 14.7 Å². The molecule has 2 heterocycles. The molecule has 0 spiro atoms. The predicted octanol–water partition coefficient (Wildman–Crippen LogP) is 7.09. The first-order valence-electron chi connectivity index (χ1n) is 12.3. The first-order valence-corrected chi connectivity index (χ1v) is 13.1. The number of nitrogens with zero attached hydrogens (tertiary/aromatic N) is 2. The summed E-state index contributed by atoms with van der Waals surface area (Å²) in [5, 5.41) is 10.7. The molecule has 5 nitrogen and oxygen atoms in total. The molecule has 1 N–H and O–H groups in total. The van der Waals surface area contributed by atoms with Gasteiger partial charge >= 0.3 is 5.97 Å². The van der Waals surface area contributed by atoms with Crippen molar-refractivity contribution in [2.75, 3.05) is 26.7 Å². The van der Waals surface area contributed by atoms with Gasteiger partial charge in [0.2, 0.25) is 0 Å². The Morgan fingerprint density at radius 3 is 2.68 bits per heavy atom. The van der Waals surface area contributed by atoms with Crippen molar-refractivity contribution in [2.24, 2.45) is 5.41 Å². The number of carboxylic acids is 1. The number of pyridine rings is 1. The molecule has 4 rings (SSSR count). The Morgan fingerprint density at radius 2 is 2.00 bits per heavy atom. The smallest absolute Gasteiger partial charge is 0.303 e. The van der Waals surface area contributed by atoms with Gasteiger partial charge in [-0.15, -0.1) is 0 Å². The minimum atomic E-state index is -1.39. The molecule has 1 aromatic heterocycles. The van der Waals surface area contributed by atoms with Crippen molar-refractivity contribution >= 4 is 40.1 Å². The van der Waals surface area contributed by atoms with Gasteiger partial charge in [0.25, 0.3) is 0 Å². The van der Waals surface area contributed by atoms with E-state index in [4.69, 9.17) is 27.9 Å². The average Bonchev–Trinajstić information content (AvgIpc) is 2.89. The Morgan fingerprint density at radius 1 is 1.24 bits per heavy atom. The molecule has 0 radical (unpaired) electrons. The molecule has 1 atom stereocenters. The van der Waals surface area contributed by atoms with Gasteiger partial charge in [0.1, 0.15) is 17.7 Å². The molecule has 2 aromatic carbocycles. The number of carboxylic acid groups (broad SMARTS) is 1. The summed E-state index contributed by atoms with van der Waals surface area (Å²) in [5.41, 5.74) is 0.708. The molecule has 1 aliphatic rings. The summed E-state index contributed by atoms with van der Waals surface area (Å²) in [5.74, 6) is 5.03. The number of halogens is 4. The van der Waals surface area contributed by atoms with Gasteiger partial charge < -0.3 is 9.84 Å². The molecule has 1 saturated heterocycles. The molecule has 1 fully saturated rings. The summed E-state index contributed by atoms with van der Waals surface area (Å²) in [4.78, 5) is 18.1. The van der Waals surface area contributed by atoms with Crippen LogP contribution in [-0.4, -0.2) is 47.7 Å². The quantitative estimate of drug-likeness (QED) is 0.298. The number of likely N-dealkylation sites (tertiary alicyclic amines) is 1. The number of aliphatic carboxylic acids is 1. The maximum absolute atomic E-state index is 15.7. The molecule has 0 amide bonds.